The van der Waals surface area contributed by atoms with Crippen LogP contribution < -0.4 is 5.32 Å². The van der Waals surface area contributed by atoms with Crippen LogP contribution in [0, 0.1) is 12.7 Å². The third-order valence-corrected chi connectivity index (χ3v) is 2.04. The molecule has 0 bridgehead atoms. The van der Waals surface area contributed by atoms with E-state index in [9.17, 15) is 4.39 Å². The summed E-state index contributed by atoms with van der Waals surface area (Å²) in [4.78, 5) is 15.4. The summed E-state index contributed by atoms with van der Waals surface area (Å²) in [5.74, 6) is -0.248. The Morgan fingerprint density at radius 1 is 1.25 bits per heavy atom. The number of aromatic nitrogens is 4. The predicted octanol–water partition coefficient (Wildman–Crippen LogP) is 1.33. The van der Waals surface area contributed by atoms with Crippen molar-refractivity contribution in [2.75, 3.05) is 5.32 Å². The predicted molar refractivity (Wildman–Crippen MR) is 56.1 cm³/mol. The zero-order chi connectivity index (χ0) is 11.4. The van der Waals surface area contributed by atoms with E-state index in [4.69, 9.17) is 0 Å². The lowest BCUT2D eigenvalue weighted by molar-refractivity contribution is 0.604. The highest BCUT2D eigenvalue weighted by Crippen LogP contribution is 2.12. The highest BCUT2D eigenvalue weighted by atomic mass is 19.1. The van der Waals surface area contributed by atoms with Crippen molar-refractivity contribution < 1.29 is 4.39 Å². The van der Waals surface area contributed by atoms with Crippen molar-refractivity contribution in [3.8, 4) is 0 Å². The van der Waals surface area contributed by atoms with Gasteiger partial charge in [-0.1, -0.05) is 0 Å². The molecule has 2 rings (SSSR count). The molecule has 0 amide bonds. The second kappa shape index (κ2) is 4.61. The van der Waals surface area contributed by atoms with Gasteiger partial charge in [0.1, 0.15) is 12.7 Å². The Kier molecular flexibility index (Phi) is 3.00. The largest absolute Gasteiger partial charge is 0.362 e. The van der Waals surface area contributed by atoms with Crippen LogP contribution in [0.15, 0.2) is 24.9 Å². The minimum atomic E-state index is -0.434. The maximum atomic E-state index is 13.5. The lowest BCUT2D eigenvalue weighted by Crippen LogP contribution is -2.06. The molecule has 6 heteroatoms. The van der Waals surface area contributed by atoms with Gasteiger partial charge in [0.15, 0.2) is 11.6 Å². The summed E-state index contributed by atoms with van der Waals surface area (Å²) in [6.07, 6.45) is 4.39. The van der Waals surface area contributed by atoms with Crippen molar-refractivity contribution in [3.63, 3.8) is 0 Å². The van der Waals surface area contributed by atoms with Crippen LogP contribution in [0.1, 0.15) is 11.4 Å². The first-order chi connectivity index (χ1) is 7.77. The van der Waals surface area contributed by atoms with Gasteiger partial charge in [0.05, 0.1) is 17.9 Å². The van der Waals surface area contributed by atoms with E-state index in [-0.39, 0.29) is 5.82 Å². The van der Waals surface area contributed by atoms with Crippen LogP contribution in [0.5, 0.6) is 0 Å². The van der Waals surface area contributed by atoms with Crippen molar-refractivity contribution in [1.82, 2.24) is 19.9 Å². The molecule has 16 heavy (non-hydrogen) atoms. The average Bonchev–Trinajstić information content (AvgIpc) is 2.32. The monoisotopic (exact) mass is 219 g/mol. The summed E-state index contributed by atoms with van der Waals surface area (Å²) in [6, 6.07) is 1.75. The number of rotatable bonds is 3. The van der Waals surface area contributed by atoms with Crippen LogP contribution >= 0.6 is 0 Å². The Bertz CT molecular complexity index is 474. The first-order valence-electron chi connectivity index (χ1n) is 4.73. The fourth-order valence-electron chi connectivity index (χ4n) is 1.18. The quantitative estimate of drug-likeness (QED) is 0.843. The minimum absolute atomic E-state index is 0.186. The Balaban J connectivity index is 2.08. The van der Waals surface area contributed by atoms with Crippen LogP contribution in [0.2, 0.25) is 0 Å². The lowest BCUT2D eigenvalue weighted by Gasteiger charge is -2.06. The second-order valence-electron chi connectivity index (χ2n) is 3.18. The molecule has 0 aliphatic carbocycles. The Labute approximate surface area is 91.8 Å². The third-order valence-electron chi connectivity index (χ3n) is 2.04. The van der Waals surface area contributed by atoms with Crippen LogP contribution in [0.25, 0.3) is 0 Å². The van der Waals surface area contributed by atoms with Gasteiger partial charge < -0.3 is 5.32 Å². The summed E-state index contributed by atoms with van der Waals surface area (Å²) in [5.41, 5.74) is 1.09. The van der Waals surface area contributed by atoms with Crippen molar-refractivity contribution in [2.45, 2.75) is 13.5 Å². The third kappa shape index (κ3) is 2.28. The second-order valence-corrected chi connectivity index (χ2v) is 3.18. The van der Waals surface area contributed by atoms with E-state index in [1.807, 2.05) is 0 Å². The van der Waals surface area contributed by atoms with Crippen molar-refractivity contribution in [1.29, 1.82) is 0 Å². The molecule has 0 unspecified atom stereocenters. The number of nitrogens with one attached hydrogen (secondary N) is 1. The van der Waals surface area contributed by atoms with Crippen molar-refractivity contribution in [2.24, 2.45) is 0 Å². The van der Waals surface area contributed by atoms with Crippen LogP contribution in [0.4, 0.5) is 10.2 Å². The van der Waals surface area contributed by atoms with Gasteiger partial charge in [0.2, 0.25) is 0 Å². The summed E-state index contributed by atoms with van der Waals surface area (Å²) in [6.45, 7) is 1.99. The first kappa shape index (κ1) is 10.4. The standard InChI is InChI=1S/C10H10FN5/c1-7-9(11)10(16-6-14-7)13-4-8-2-3-12-5-15-8/h2-3,5-6H,4H2,1H3,(H,13,14,16). The van der Waals surface area contributed by atoms with Crippen LogP contribution in [0.3, 0.4) is 0 Å². The molecule has 2 aromatic heterocycles. The topological polar surface area (TPSA) is 63.6 Å². The van der Waals surface area contributed by atoms with Gasteiger partial charge in [-0.25, -0.2) is 24.3 Å². The van der Waals surface area contributed by atoms with Gasteiger partial charge in [-0.2, -0.15) is 0 Å². The molecule has 2 aromatic rings. The fraction of sp³-hybridized carbons (Fsp3) is 0.200. The van der Waals surface area contributed by atoms with Gasteiger partial charge in [-0.3, -0.25) is 0 Å². The number of nitrogens with zero attached hydrogens (tertiary/aromatic N) is 4. The molecule has 1 N–H and O–H groups in total. The average molecular weight is 219 g/mol. The number of hydrogen-bond acceptors (Lipinski definition) is 5. The van der Waals surface area contributed by atoms with Gasteiger partial charge >= 0.3 is 0 Å². The van der Waals surface area contributed by atoms with Gasteiger partial charge in [0, 0.05) is 6.20 Å². The highest BCUT2D eigenvalue weighted by molar-refractivity contribution is 5.37. The number of hydrogen-bond donors (Lipinski definition) is 1. The SMILES string of the molecule is Cc1ncnc(NCc2ccncn2)c1F. The molecule has 0 saturated heterocycles. The molecule has 0 saturated carbocycles. The van der Waals surface area contributed by atoms with Crippen molar-refractivity contribution in [3.05, 3.63) is 42.1 Å². The van der Waals surface area contributed by atoms with Crippen LogP contribution in [-0.2, 0) is 6.54 Å². The summed E-state index contributed by atoms with van der Waals surface area (Å²) in [7, 11) is 0. The molecule has 82 valence electrons. The molecule has 0 fully saturated rings. The Morgan fingerprint density at radius 2 is 2.12 bits per heavy atom. The number of halogens is 1. The molecule has 0 spiro atoms. The van der Waals surface area contributed by atoms with E-state index < -0.39 is 5.82 Å². The maximum absolute atomic E-state index is 13.5. The number of anilines is 1. The molecule has 0 radical (unpaired) electrons. The van der Waals surface area contributed by atoms with E-state index in [1.54, 1.807) is 19.2 Å². The van der Waals surface area contributed by atoms with E-state index >= 15 is 0 Å². The normalized spacial score (nSPS) is 10.1. The highest BCUT2D eigenvalue weighted by Gasteiger charge is 2.06. The first-order valence-corrected chi connectivity index (χ1v) is 4.73. The van der Waals surface area contributed by atoms with Crippen molar-refractivity contribution >= 4 is 5.82 Å². The van der Waals surface area contributed by atoms with E-state index in [0.29, 0.717) is 12.2 Å². The lowest BCUT2D eigenvalue weighted by atomic mass is 10.3. The number of aryl methyl sites for hydroxylation is 1. The summed E-state index contributed by atoms with van der Waals surface area (Å²) in [5, 5.41) is 2.85. The molecule has 0 aromatic carbocycles. The smallest absolute Gasteiger partial charge is 0.186 e. The van der Waals surface area contributed by atoms with E-state index in [2.05, 4.69) is 25.3 Å². The Hall–Kier alpha value is -2.11. The Morgan fingerprint density at radius 3 is 2.88 bits per heavy atom. The molecule has 2 heterocycles. The van der Waals surface area contributed by atoms with E-state index in [1.165, 1.54) is 12.7 Å². The zero-order valence-electron chi connectivity index (χ0n) is 8.68. The molecular weight excluding hydrogens is 209 g/mol. The minimum Gasteiger partial charge on any atom is -0.362 e. The zero-order valence-corrected chi connectivity index (χ0v) is 8.68. The molecular formula is C10H10FN5. The van der Waals surface area contributed by atoms with Gasteiger partial charge in [-0.15, -0.1) is 0 Å². The fourth-order valence-corrected chi connectivity index (χ4v) is 1.18. The molecule has 0 aliphatic rings. The van der Waals surface area contributed by atoms with E-state index in [0.717, 1.165) is 5.69 Å². The maximum Gasteiger partial charge on any atom is 0.186 e. The molecule has 5 nitrogen and oxygen atoms in total. The summed E-state index contributed by atoms with van der Waals surface area (Å²) >= 11 is 0. The molecule has 0 atom stereocenters. The molecule has 0 aliphatic heterocycles. The summed E-state index contributed by atoms with van der Waals surface area (Å²) < 4.78 is 13.5. The van der Waals surface area contributed by atoms with Gasteiger partial charge in [0.25, 0.3) is 0 Å². The van der Waals surface area contributed by atoms with Crippen LogP contribution in [-0.4, -0.2) is 19.9 Å². The van der Waals surface area contributed by atoms with Gasteiger partial charge in [-0.05, 0) is 13.0 Å².